The van der Waals surface area contributed by atoms with Crippen LogP contribution in [0.25, 0.3) is 11.1 Å². The second-order valence-corrected chi connectivity index (χ2v) is 4.36. The van der Waals surface area contributed by atoms with Crippen LogP contribution < -0.4 is 5.32 Å². The van der Waals surface area contributed by atoms with Gasteiger partial charge in [-0.3, -0.25) is 0 Å². The fraction of sp³-hybridized carbons (Fsp3) is 0.143. The van der Waals surface area contributed by atoms with Gasteiger partial charge in [0.25, 0.3) is 0 Å². The lowest BCUT2D eigenvalue weighted by atomic mass is 9.98. The molecule has 1 N–H and O–H groups in total. The van der Waals surface area contributed by atoms with E-state index in [1.807, 2.05) is 0 Å². The maximum absolute atomic E-state index is 13.8. The van der Waals surface area contributed by atoms with Crippen molar-refractivity contribution in [3.8, 4) is 11.1 Å². The zero-order valence-corrected chi connectivity index (χ0v) is 10.6. The first-order chi connectivity index (χ1) is 8.63. The van der Waals surface area contributed by atoms with Gasteiger partial charge in [-0.1, -0.05) is 23.7 Å². The molecular weight excluding hydrogens is 256 g/mol. The minimum absolute atomic E-state index is 0.0144. The van der Waals surface area contributed by atoms with Crippen molar-refractivity contribution in [1.82, 2.24) is 5.32 Å². The predicted octanol–water partition coefficient (Wildman–Crippen LogP) is 4.00. The van der Waals surface area contributed by atoms with Crippen LogP contribution in [-0.2, 0) is 6.54 Å². The smallest absolute Gasteiger partial charge is 0.133 e. The Bertz CT molecular complexity index is 549. The number of rotatable bonds is 3. The molecule has 0 heterocycles. The number of benzene rings is 2. The van der Waals surface area contributed by atoms with Crippen molar-refractivity contribution in [1.29, 1.82) is 0 Å². The van der Waals surface area contributed by atoms with Crippen LogP contribution in [-0.4, -0.2) is 7.05 Å². The second kappa shape index (κ2) is 5.46. The highest BCUT2D eigenvalue weighted by atomic mass is 35.5. The highest BCUT2D eigenvalue weighted by Crippen LogP contribution is 2.30. The Morgan fingerprint density at radius 1 is 1.11 bits per heavy atom. The number of nitrogens with one attached hydrogen (secondary N) is 1. The van der Waals surface area contributed by atoms with Crippen LogP contribution in [0.3, 0.4) is 0 Å². The largest absolute Gasteiger partial charge is 0.316 e. The van der Waals surface area contributed by atoms with Crippen molar-refractivity contribution in [2.75, 3.05) is 7.05 Å². The molecule has 2 aromatic carbocycles. The minimum atomic E-state index is -0.574. The first kappa shape index (κ1) is 13.0. The molecule has 0 aliphatic carbocycles. The first-order valence-corrected chi connectivity index (χ1v) is 5.88. The summed E-state index contributed by atoms with van der Waals surface area (Å²) in [6.45, 7) is 0.490. The summed E-state index contributed by atoms with van der Waals surface area (Å²) < 4.78 is 27.5. The van der Waals surface area contributed by atoms with E-state index in [2.05, 4.69) is 5.32 Å². The van der Waals surface area contributed by atoms with Gasteiger partial charge < -0.3 is 5.32 Å². The molecule has 2 aromatic rings. The van der Waals surface area contributed by atoms with E-state index in [1.165, 1.54) is 18.2 Å². The maximum Gasteiger partial charge on any atom is 0.133 e. The lowest BCUT2D eigenvalue weighted by Gasteiger charge is -2.11. The monoisotopic (exact) mass is 267 g/mol. The summed E-state index contributed by atoms with van der Waals surface area (Å²) in [4.78, 5) is 0. The van der Waals surface area contributed by atoms with E-state index < -0.39 is 11.6 Å². The first-order valence-electron chi connectivity index (χ1n) is 5.51. The molecule has 0 fully saturated rings. The van der Waals surface area contributed by atoms with E-state index in [1.54, 1.807) is 25.2 Å². The average Bonchev–Trinajstić information content (AvgIpc) is 2.32. The molecule has 0 aliphatic heterocycles. The van der Waals surface area contributed by atoms with Gasteiger partial charge in [0.1, 0.15) is 11.6 Å². The van der Waals surface area contributed by atoms with Crippen LogP contribution in [0, 0.1) is 11.6 Å². The van der Waals surface area contributed by atoms with Gasteiger partial charge in [-0.05, 0) is 42.4 Å². The van der Waals surface area contributed by atoms with Crippen LogP contribution in [0.1, 0.15) is 5.56 Å². The average molecular weight is 268 g/mol. The Labute approximate surface area is 109 Å². The maximum atomic E-state index is 13.8. The Morgan fingerprint density at radius 3 is 2.39 bits per heavy atom. The molecule has 0 radical (unpaired) electrons. The summed E-state index contributed by atoms with van der Waals surface area (Å²) >= 11 is 5.90. The van der Waals surface area contributed by atoms with Gasteiger partial charge in [-0.2, -0.15) is 0 Å². The molecule has 1 nitrogen and oxygen atoms in total. The molecule has 2 rings (SSSR count). The van der Waals surface area contributed by atoms with Crippen LogP contribution in [0.5, 0.6) is 0 Å². The van der Waals surface area contributed by atoms with E-state index in [0.29, 0.717) is 17.1 Å². The molecule has 4 heteroatoms. The lowest BCUT2D eigenvalue weighted by Crippen LogP contribution is -2.07. The molecule has 94 valence electrons. The predicted molar refractivity (Wildman–Crippen MR) is 69.6 cm³/mol. The van der Waals surface area contributed by atoms with Gasteiger partial charge in [-0.25, -0.2) is 8.78 Å². The van der Waals surface area contributed by atoms with E-state index >= 15 is 0 Å². The Hall–Kier alpha value is -1.45. The summed E-state index contributed by atoms with van der Waals surface area (Å²) in [6, 6.07) is 8.81. The summed E-state index contributed by atoms with van der Waals surface area (Å²) in [5.74, 6) is -1.15. The van der Waals surface area contributed by atoms with Crippen LogP contribution in [0.4, 0.5) is 8.78 Å². The second-order valence-electron chi connectivity index (χ2n) is 3.93. The Morgan fingerprint density at radius 2 is 1.78 bits per heavy atom. The molecule has 0 spiro atoms. The van der Waals surface area contributed by atoms with Crippen molar-refractivity contribution < 1.29 is 8.78 Å². The molecule has 0 aliphatic rings. The standard InChI is InChI=1S/C14H12ClF2N/c1-18-8-9-7-10(15)5-6-11(9)14-12(16)3-2-4-13(14)17/h2-7,18H,8H2,1H3. The summed E-state index contributed by atoms with van der Waals surface area (Å²) in [5.41, 5.74) is 1.26. The highest BCUT2D eigenvalue weighted by Gasteiger charge is 2.14. The molecule has 0 saturated carbocycles. The van der Waals surface area contributed by atoms with Crippen molar-refractivity contribution in [3.63, 3.8) is 0 Å². The van der Waals surface area contributed by atoms with E-state index in [-0.39, 0.29) is 5.56 Å². The third-order valence-corrected chi connectivity index (χ3v) is 2.90. The minimum Gasteiger partial charge on any atom is -0.316 e. The zero-order valence-electron chi connectivity index (χ0n) is 9.81. The highest BCUT2D eigenvalue weighted by molar-refractivity contribution is 6.30. The van der Waals surface area contributed by atoms with Gasteiger partial charge in [0.15, 0.2) is 0 Å². The third-order valence-electron chi connectivity index (χ3n) is 2.67. The normalized spacial score (nSPS) is 10.7. The van der Waals surface area contributed by atoms with E-state index in [9.17, 15) is 8.78 Å². The Kier molecular flexibility index (Phi) is 3.94. The molecular formula is C14H12ClF2N. The number of hydrogen-bond donors (Lipinski definition) is 1. The summed E-state index contributed by atoms with van der Waals surface area (Å²) in [7, 11) is 1.77. The van der Waals surface area contributed by atoms with Crippen LogP contribution in [0.2, 0.25) is 5.02 Å². The summed E-state index contributed by atoms with van der Waals surface area (Å²) in [6.07, 6.45) is 0. The van der Waals surface area contributed by atoms with Crippen LogP contribution in [0.15, 0.2) is 36.4 Å². The molecule has 0 unspecified atom stereocenters. The van der Waals surface area contributed by atoms with E-state index in [0.717, 1.165) is 5.56 Å². The van der Waals surface area contributed by atoms with Gasteiger partial charge >= 0.3 is 0 Å². The molecule has 0 aromatic heterocycles. The van der Waals surface area contributed by atoms with Crippen molar-refractivity contribution in [2.24, 2.45) is 0 Å². The number of halogens is 3. The molecule has 0 saturated heterocycles. The number of hydrogen-bond acceptors (Lipinski definition) is 1. The van der Waals surface area contributed by atoms with Crippen molar-refractivity contribution in [2.45, 2.75) is 6.54 Å². The van der Waals surface area contributed by atoms with Gasteiger partial charge in [0.2, 0.25) is 0 Å². The third kappa shape index (κ3) is 2.52. The summed E-state index contributed by atoms with van der Waals surface area (Å²) in [5, 5.41) is 3.50. The van der Waals surface area contributed by atoms with E-state index in [4.69, 9.17) is 11.6 Å². The van der Waals surface area contributed by atoms with Crippen LogP contribution >= 0.6 is 11.6 Å². The quantitative estimate of drug-likeness (QED) is 0.886. The van der Waals surface area contributed by atoms with Gasteiger partial charge in [0, 0.05) is 11.6 Å². The van der Waals surface area contributed by atoms with Crippen molar-refractivity contribution in [3.05, 3.63) is 58.6 Å². The lowest BCUT2D eigenvalue weighted by molar-refractivity contribution is 0.589. The van der Waals surface area contributed by atoms with Gasteiger partial charge in [0.05, 0.1) is 5.56 Å². The molecule has 0 amide bonds. The SMILES string of the molecule is CNCc1cc(Cl)ccc1-c1c(F)cccc1F. The zero-order chi connectivity index (χ0) is 13.1. The molecule has 0 bridgehead atoms. The fourth-order valence-corrected chi connectivity index (χ4v) is 2.09. The molecule has 0 atom stereocenters. The Balaban J connectivity index is 2.63. The van der Waals surface area contributed by atoms with Crippen molar-refractivity contribution >= 4 is 11.6 Å². The topological polar surface area (TPSA) is 12.0 Å². The van der Waals surface area contributed by atoms with Gasteiger partial charge in [-0.15, -0.1) is 0 Å². The molecule has 18 heavy (non-hydrogen) atoms. The fourth-order valence-electron chi connectivity index (χ4n) is 1.90.